The van der Waals surface area contributed by atoms with Gasteiger partial charge in [-0.15, -0.1) is 0 Å². The molecule has 0 fully saturated rings. The maximum absolute atomic E-state index is 5.32. The van der Waals surface area contributed by atoms with Gasteiger partial charge < -0.3 is 14.2 Å². The molecule has 0 aliphatic heterocycles. The Hall–Kier alpha value is 0.0969. The summed E-state index contributed by atoms with van der Waals surface area (Å²) in [4.78, 5) is 0. The highest BCUT2D eigenvalue weighted by Crippen LogP contribution is 2.02. The molecule has 0 rings (SSSR count). The summed E-state index contributed by atoms with van der Waals surface area (Å²) in [7, 11) is 2.02. The second kappa shape index (κ2) is 7.73. The molecule has 1 unspecified atom stereocenters. The maximum atomic E-state index is 5.32. The van der Waals surface area contributed by atoms with Crippen LogP contribution >= 0.6 is 0 Å². The van der Waals surface area contributed by atoms with E-state index in [4.69, 9.17) is 8.85 Å². The molecule has 0 bridgehead atoms. The van der Waals surface area contributed by atoms with Crippen molar-refractivity contribution < 1.29 is 8.85 Å². The molecule has 1 N–H and O–H groups in total. The fourth-order valence-electron chi connectivity index (χ4n) is 1.33. The summed E-state index contributed by atoms with van der Waals surface area (Å²) in [5.74, 6) is 0. The molecule has 0 aliphatic carbocycles. The minimum atomic E-state index is -1.45. The molecule has 0 amide bonds. The molecule has 0 saturated carbocycles. The van der Waals surface area contributed by atoms with Crippen molar-refractivity contribution in [3.8, 4) is 0 Å². The van der Waals surface area contributed by atoms with Crippen LogP contribution in [0.2, 0.25) is 0 Å². The minimum Gasteiger partial charge on any atom is -0.399 e. The van der Waals surface area contributed by atoms with Gasteiger partial charge in [0.1, 0.15) is 0 Å². The van der Waals surface area contributed by atoms with Crippen LogP contribution in [0.3, 0.4) is 0 Å². The highest BCUT2D eigenvalue weighted by Gasteiger charge is 2.21. The second-order valence-electron chi connectivity index (χ2n) is 2.79. The van der Waals surface area contributed by atoms with Gasteiger partial charge in [0, 0.05) is 19.9 Å². The third kappa shape index (κ3) is 4.20. The van der Waals surface area contributed by atoms with E-state index < -0.39 is 9.28 Å². The van der Waals surface area contributed by atoms with Crippen LogP contribution in [0.4, 0.5) is 0 Å². The van der Waals surface area contributed by atoms with Gasteiger partial charge in [-0.05, 0) is 13.0 Å². The molecule has 0 saturated heterocycles. The highest BCUT2D eigenvalue weighted by molar-refractivity contribution is 6.46. The third-order valence-electron chi connectivity index (χ3n) is 1.86. The topological polar surface area (TPSA) is 30.5 Å². The highest BCUT2D eigenvalue weighted by atomic mass is 28.3. The van der Waals surface area contributed by atoms with Crippen molar-refractivity contribution in [3.63, 3.8) is 0 Å². The van der Waals surface area contributed by atoms with Gasteiger partial charge in [-0.3, -0.25) is 0 Å². The van der Waals surface area contributed by atoms with E-state index in [2.05, 4.69) is 19.2 Å². The van der Waals surface area contributed by atoms with E-state index in [1.165, 1.54) is 6.42 Å². The number of hydrogen-bond acceptors (Lipinski definition) is 3. The summed E-state index contributed by atoms with van der Waals surface area (Å²) in [6, 6.07) is 0. The molecule has 0 aromatic carbocycles. The largest absolute Gasteiger partial charge is 0.399 e. The van der Waals surface area contributed by atoms with Gasteiger partial charge in [-0.25, -0.2) is 0 Å². The average molecular weight is 191 g/mol. The summed E-state index contributed by atoms with van der Waals surface area (Å²) < 4.78 is 10.6. The molecular weight excluding hydrogens is 170 g/mol. The summed E-state index contributed by atoms with van der Waals surface area (Å²) in [5, 5.41) is 3.40. The van der Waals surface area contributed by atoms with Crippen LogP contribution in [0.1, 0.15) is 26.7 Å². The van der Waals surface area contributed by atoms with E-state index in [0.29, 0.717) is 5.67 Å². The molecule has 3 nitrogen and oxygen atoms in total. The predicted molar refractivity (Wildman–Crippen MR) is 53.5 cm³/mol. The van der Waals surface area contributed by atoms with Crippen molar-refractivity contribution in [1.29, 1.82) is 0 Å². The zero-order valence-electron chi connectivity index (χ0n) is 8.59. The van der Waals surface area contributed by atoms with Gasteiger partial charge in [0.05, 0.1) is 0 Å². The predicted octanol–water partition coefficient (Wildman–Crippen LogP) is 0.817. The van der Waals surface area contributed by atoms with Crippen LogP contribution in [-0.2, 0) is 8.85 Å². The van der Waals surface area contributed by atoms with E-state index in [1.807, 2.05) is 0 Å². The van der Waals surface area contributed by atoms with Gasteiger partial charge in [-0.1, -0.05) is 20.3 Å². The van der Waals surface area contributed by atoms with Crippen LogP contribution in [0.5, 0.6) is 0 Å². The van der Waals surface area contributed by atoms with Crippen LogP contribution in [0, 0.1) is 0 Å². The van der Waals surface area contributed by atoms with Gasteiger partial charge >= 0.3 is 9.28 Å². The van der Waals surface area contributed by atoms with Gasteiger partial charge in [0.25, 0.3) is 0 Å². The maximum Gasteiger partial charge on any atom is 0.338 e. The molecule has 4 heteroatoms. The first-order valence-corrected chi connectivity index (χ1v) is 6.20. The second-order valence-corrected chi connectivity index (χ2v) is 5.28. The normalized spacial score (nSPS) is 13.8. The number of rotatable bonds is 7. The van der Waals surface area contributed by atoms with E-state index >= 15 is 0 Å². The Morgan fingerprint density at radius 1 is 1.25 bits per heavy atom. The van der Waals surface area contributed by atoms with Gasteiger partial charge in [-0.2, -0.15) is 0 Å². The Morgan fingerprint density at radius 3 is 2.17 bits per heavy atom. The van der Waals surface area contributed by atoms with Crippen molar-refractivity contribution in [2.75, 3.05) is 20.8 Å². The Labute approximate surface area is 77.3 Å². The standard InChI is InChI=1S/C8H21NO2Si/c1-5-7-8(9-6-2)12(10-3)11-4/h8-9,12H,5-7H2,1-4H3. The van der Waals surface area contributed by atoms with Crippen molar-refractivity contribution in [2.45, 2.75) is 32.4 Å². The SMILES string of the molecule is CCCC(NCC)[SiH](OC)OC. The average Bonchev–Trinajstić information content (AvgIpc) is 2.07. The fourth-order valence-corrected chi connectivity index (χ4v) is 3.22. The van der Waals surface area contributed by atoms with Crippen LogP contribution in [0.15, 0.2) is 0 Å². The first-order valence-electron chi connectivity index (χ1n) is 4.59. The smallest absolute Gasteiger partial charge is 0.338 e. The Balaban J connectivity index is 3.86. The van der Waals surface area contributed by atoms with E-state index in [-0.39, 0.29) is 0 Å². The summed E-state index contributed by atoms with van der Waals surface area (Å²) in [6.45, 7) is 5.28. The molecule has 0 aromatic heterocycles. The minimum absolute atomic E-state index is 0.454. The lowest BCUT2D eigenvalue weighted by molar-refractivity contribution is 0.256. The molecule has 74 valence electrons. The summed E-state index contributed by atoms with van der Waals surface area (Å²) in [5.41, 5.74) is 0.454. The summed E-state index contributed by atoms with van der Waals surface area (Å²) in [6.07, 6.45) is 2.32. The van der Waals surface area contributed by atoms with Crippen LogP contribution < -0.4 is 5.32 Å². The van der Waals surface area contributed by atoms with Crippen LogP contribution in [0.25, 0.3) is 0 Å². The molecule has 12 heavy (non-hydrogen) atoms. The van der Waals surface area contributed by atoms with Crippen molar-refractivity contribution >= 4 is 9.28 Å². The zero-order valence-corrected chi connectivity index (χ0v) is 9.75. The quantitative estimate of drug-likeness (QED) is 0.604. The lowest BCUT2D eigenvalue weighted by Crippen LogP contribution is -2.45. The molecular formula is C8H21NO2Si. The molecule has 0 aromatic rings. The van der Waals surface area contributed by atoms with E-state index in [9.17, 15) is 0 Å². The van der Waals surface area contributed by atoms with E-state index in [0.717, 1.165) is 13.0 Å². The van der Waals surface area contributed by atoms with Gasteiger partial charge in [0.2, 0.25) is 0 Å². The van der Waals surface area contributed by atoms with Crippen molar-refractivity contribution in [3.05, 3.63) is 0 Å². The monoisotopic (exact) mass is 191 g/mol. The van der Waals surface area contributed by atoms with Crippen molar-refractivity contribution in [1.82, 2.24) is 5.32 Å². The van der Waals surface area contributed by atoms with Gasteiger partial charge in [0.15, 0.2) is 0 Å². The number of nitrogens with one attached hydrogen (secondary N) is 1. The Bertz CT molecular complexity index is 93.1. The van der Waals surface area contributed by atoms with Crippen LogP contribution in [-0.4, -0.2) is 35.7 Å². The molecule has 0 radical (unpaired) electrons. The zero-order chi connectivity index (χ0) is 9.40. The fraction of sp³-hybridized carbons (Fsp3) is 1.00. The first-order chi connectivity index (χ1) is 5.79. The molecule has 0 spiro atoms. The number of hydrogen-bond donors (Lipinski definition) is 1. The molecule has 0 heterocycles. The Kier molecular flexibility index (Phi) is 7.79. The lowest BCUT2D eigenvalue weighted by Gasteiger charge is -2.22. The van der Waals surface area contributed by atoms with Crippen molar-refractivity contribution in [2.24, 2.45) is 0 Å². The third-order valence-corrected chi connectivity index (χ3v) is 4.01. The molecule has 1 atom stereocenters. The van der Waals surface area contributed by atoms with E-state index in [1.54, 1.807) is 14.2 Å². The Morgan fingerprint density at radius 2 is 1.83 bits per heavy atom. The molecule has 0 aliphatic rings. The lowest BCUT2D eigenvalue weighted by atomic mass is 10.3. The summed E-state index contributed by atoms with van der Waals surface area (Å²) >= 11 is 0. The first kappa shape index (κ1) is 12.1.